The number of amides is 1. The topological polar surface area (TPSA) is 90.1 Å². The van der Waals surface area contributed by atoms with Crippen molar-refractivity contribution in [2.45, 2.75) is 39.2 Å². The van der Waals surface area contributed by atoms with E-state index in [-0.39, 0.29) is 35.6 Å². The number of carbonyl (C=O) groups is 2. The number of benzene rings is 2. The van der Waals surface area contributed by atoms with Crippen LogP contribution in [0.4, 0.5) is 20.2 Å². The summed E-state index contributed by atoms with van der Waals surface area (Å²) >= 11 is 0. The first kappa shape index (κ1) is 24.7. The Hall–Kier alpha value is -4.01. The van der Waals surface area contributed by atoms with E-state index in [9.17, 15) is 14.0 Å². The third kappa shape index (κ3) is 5.12. The van der Waals surface area contributed by atoms with Gasteiger partial charge >= 0.3 is 0 Å². The quantitative estimate of drug-likeness (QED) is 0.453. The summed E-state index contributed by atoms with van der Waals surface area (Å²) in [5.74, 6) is -1.88. The summed E-state index contributed by atoms with van der Waals surface area (Å²) in [7, 11) is 0. The number of aromatic amines is 1. The number of halogens is 2. The molecule has 0 spiro atoms. The van der Waals surface area contributed by atoms with Gasteiger partial charge in [-0.2, -0.15) is 0 Å². The van der Waals surface area contributed by atoms with Crippen molar-refractivity contribution in [1.82, 2.24) is 15.3 Å². The number of hydrogen-bond acceptors (Lipinski definition) is 5. The van der Waals surface area contributed by atoms with Gasteiger partial charge in [0.1, 0.15) is 11.6 Å². The molecule has 1 atom stereocenters. The number of ketones is 1. The number of para-hydroxylation sites is 2. The fourth-order valence-electron chi connectivity index (χ4n) is 5.24. The molecule has 1 amide bonds. The standard InChI is InChI=1S/C28H29F2N5O2/c1-28(2)12-22-26(24(36)13-28)27(19-8-7-17(29)11-20(19)30)35(23-6-4-3-5-21(23)34-22)15-25(37)32-10-9-18-14-31-16-33-18/h3-8,11,14,16,27,34H,9-10,12-13,15H2,1-2H3,(H,31,33)(H,32,37). The zero-order valence-electron chi connectivity index (χ0n) is 20.8. The Bertz CT molecular complexity index is 1370. The molecule has 5 rings (SSSR count). The van der Waals surface area contributed by atoms with Crippen LogP contribution in [0, 0.1) is 17.0 Å². The van der Waals surface area contributed by atoms with Gasteiger partial charge in [-0.25, -0.2) is 13.8 Å². The molecule has 0 radical (unpaired) electrons. The minimum absolute atomic E-state index is 0.120. The Morgan fingerprint density at radius 2 is 2.00 bits per heavy atom. The first-order chi connectivity index (χ1) is 17.7. The van der Waals surface area contributed by atoms with Gasteiger partial charge in [-0.05, 0) is 30.0 Å². The van der Waals surface area contributed by atoms with E-state index in [1.807, 2.05) is 38.1 Å². The van der Waals surface area contributed by atoms with Crippen LogP contribution in [0.1, 0.15) is 44.0 Å². The summed E-state index contributed by atoms with van der Waals surface area (Å²) in [5, 5.41) is 6.33. The molecule has 0 fully saturated rings. The summed E-state index contributed by atoms with van der Waals surface area (Å²) in [5.41, 5.74) is 3.22. The average Bonchev–Trinajstić information content (AvgIpc) is 3.30. The Labute approximate surface area is 214 Å². The molecule has 3 N–H and O–H groups in total. The number of hydrogen-bond donors (Lipinski definition) is 3. The molecule has 3 aromatic rings. The lowest BCUT2D eigenvalue weighted by Crippen LogP contribution is -2.42. The van der Waals surface area contributed by atoms with Gasteiger partial charge < -0.3 is 20.5 Å². The first-order valence-electron chi connectivity index (χ1n) is 12.3. The van der Waals surface area contributed by atoms with E-state index in [0.29, 0.717) is 36.3 Å². The van der Waals surface area contributed by atoms with Crippen molar-refractivity contribution in [3.8, 4) is 0 Å². The van der Waals surface area contributed by atoms with Gasteiger partial charge in [-0.3, -0.25) is 9.59 Å². The molecule has 0 saturated heterocycles. The van der Waals surface area contributed by atoms with Gasteiger partial charge in [0.25, 0.3) is 0 Å². The van der Waals surface area contributed by atoms with Crippen LogP contribution in [0.3, 0.4) is 0 Å². The number of rotatable bonds is 6. The van der Waals surface area contributed by atoms with Gasteiger partial charge in [0, 0.05) is 54.2 Å². The molecule has 0 bridgehead atoms. The lowest BCUT2D eigenvalue weighted by Gasteiger charge is -2.38. The van der Waals surface area contributed by atoms with Gasteiger partial charge in [0.05, 0.1) is 30.3 Å². The highest BCUT2D eigenvalue weighted by molar-refractivity contribution is 6.01. The summed E-state index contributed by atoms with van der Waals surface area (Å²) in [6.07, 6.45) is 4.70. The number of Topliss-reactive ketones (excluding diaryl/α,β-unsaturated/α-hetero) is 1. The summed E-state index contributed by atoms with van der Waals surface area (Å²) in [4.78, 5) is 35.5. The normalized spacial score (nSPS) is 18.5. The van der Waals surface area contributed by atoms with Crippen LogP contribution in [0.5, 0.6) is 0 Å². The molecule has 2 heterocycles. The number of nitrogens with one attached hydrogen (secondary N) is 3. The second kappa shape index (κ2) is 9.80. The Balaban J connectivity index is 1.57. The predicted molar refractivity (Wildman–Crippen MR) is 137 cm³/mol. The molecule has 0 saturated carbocycles. The smallest absolute Gasteiger partial charge is 0.239 e. The summed E-state index contributed by atoms with van der Waals surface area (Å²) in [6.45, 7) is 4.29. The number of H-pyrrole nitrogens is 1. The van der Waals surface area contributed by atoms with E-state index in [1.54, 1.807) is 17.4 Å². The van der Waals surface area contributed by atoms with Crippen LogP contribution in [0.2, 0.25) is 0 Å². The number of fused-ring (bicyclic) bond motifs is 1. The lowest BCUT2D eigenvalue weighted by molar-refractivity contribution is -0.120. The second-order valence-corrected chi connectivity index (χ2v) is 10.3. The third-order valence-electron chi connectivity index (χ3n) is 6.85. The SMILES string of the molecule is CC1(C)CC(=O)C2=C(C1)Nc1ccccc1N(CC(=O)NCCc1cnc[nH]1)C2c1ccc(F)cc1F. The van der Waals surface area contributed by atoms with Crippen LogP contribution >= 0.6 is 0 Å². The monoisotopic (exact) mass is 505 g/mol. The lowest BCUT2D eigenvalue weighted by atomic mass is 9.73. The Kier molecular flexibility index (Phi) is 6.54. The molecular weight excluding hydrogens is 476 g/mol. The van der Waals surface area contributed by atoms with Crippen molar-refractivity contribution in [3.63, 3.8) is 0 Å². The number of aromatic nitrogens is 2. The summed E-state index contributed by atoms with van der Waals surface area (Å²) < 4.78 is 29.2. The van der Waals surface area contributed by atoms with Crippen molar-refractivity contribution < 1.29 is 18.4 Å². The maximum absolute atomic E-state index is 15.3. The highest BCUT2D eigenvalue weighted by Crippen LogP contribution is 2.48. The number of carbonyl (C=O) groups excluding carboxylic acids is 2. The summed E-state index contributed by atoms with van der Waals surface area (Å²) in [6, 6.07) is 9.86. The maximum atomic E-state index is 15.3. The van der Waals surface area contributed by atoms with Crippen LogP contribution in [-0.2, 0) is 16.0 Å². The van der Waals surface area contributed by atoms with Gasteiger partial charge in [-0.1, -0.05) is 32.0 Å². The number of anilines is 2. The van der Waals surface area contributed by atoms with Gasteiger partial charge in [-0.15, -0.1) is 0 Å². The van der Waals surface area contributed by atoms with Crippen molar-refractivity contribution in [3.05, 3.63) is 89.2 Å². The molecule has 7 nitrogen and oxygen atoms in total. The number of allylic oxidation sites excluding steroid dienone is 1. The highest BCUT2D eigenvalue weighted by atomic mass is 19.1. The molecule has 2 aromatic carbocycles. The molecule has 9 heteroatoms. The molecular formula is C28H29F2N5O2. The van der Waals surface area contributed by atoms with Crippen LogP contribution in [0.25, 0.3) is 0 Å². The van der Waals surface area contributed by atoms with Gasteiger partial charge in [0.2, 0.25) is 5.91 Å². The molecule has 2 aliphatic rings. The maximum Gasteiger partial charge on any atom is 0.239 e. The molecule has 192 valence electrons. The Morgan fingerprint density at radius 1 is 1.19 bits per heavy atom. The molecule has 1 aliphatic heterocycles. The molecule has 1 unspecified atom stereocenters. The van der Waals surface area contributed by atoms with Crippen molar-refractivity contribution in [2.75, 3.05) is 23.3 Å². The van der Waals surface area contributed by atoms with E-state index in [2.05, 4.69) is 20.6 Å². The van der Waals surface area contributed by atoms with Gasteiger partial charge in [0.15, 0.2) is 5.78 Å². The molecule has 1 aromatic heterocycles. The fraction of sp³-hybridized carbons (Fsp3) is 0.321. The first-order valence-corrected chi connectivity index (χ1v) is 12.3. The van der Waals surface area contributed by atoms with E-state index < -0.39 is 17.7 Å². The van der Waals surface area contributed by atoms with Crippen molar-refractivity contribution >= 4 is 23.1 Å². The predicted octanol–water partition coefficient (Wildman–Crippen LogP) is 4.66. The molecule has 1 aliphatic carbocycles. The minimum atomic E-state index is -0.909. The number of imidazole rings is 1. The average molecular weight is 506 g/mol. The largest absolute Gasteiger partial charge is 0.357 e. The minimum Gasteiger partial charge on any atom is -0.357 e. The van der Waals surface area contributed by atoms with E-state index in [4.69, 9.17) is 0 Å². The molecule has 37 heavy (non-hydrogen) atoms. The zero-order valence-corrected chi connectivity index (χ0v) is 20.8. The van der Waals surface area contributed by atoms with E-state index >= 15 is 4.39 Å². The fourth-order valence-corrected chi connectivity index (χ4v) is 5.24. The van der Waals surface area contributed by atoms with Crippen LogP contribution in [0.15, 0.2) is 66.3 Å². The number of nitrogens with zero attached hydrogens (tertiary/aromatic N) is 2. The Morgan fingerprint density at radius 3 is 2.76 bits per heavy atom. The second-order valence-electron chi connectivity index (χ2n) is 10.3. The highest BCUT2D eigenvalue weighted by Gasteiger charge is 2.42. The van der Waals surface area contributed by atoms with Crippen molar-refractivity contribution in [2.24, 2.45) is 5.41 Å². The third-order valence-corrected chi connectivity index (χ3v) is 6.85. The van der Waals surface area contributed by atoms with E-state index in [1.165, 1.54) is 12.1 Å². The van der Waals surface area contributed by atoms with Crippen LogP contribution in [-0.4, -0.2) is 34.7 Å². The van der Waals surface area contributed by atoms with E-state index in [0.717, 1.165) is 17.4 Å². The zero-order chi connectivity index (χ0) is 26.2. The van der Waals surface area contributed by atoms with Crippen molar-refractivity contribution in [1.29, 1.82) is 0 Å². The van der Waals surface area contributed by atoms with Crippen LogP contribution < -0.4 is 15.5 Å².